The maximum atomic E-state index is 10.9. The first kappa shape index (κ1) is 12.2. The number of hydrogen-bond donors (Lipinski definition) is 2. The molecule has 2 aromatic rings. The minimum absolute atomic E-state index is 0.133. The van der Waals surface area contributed by atoms with Crippen LogP contribution < -0.4 is 5.32 Å². The van der Waals surface area contributed by atoms with Gasteiger partial charge in [-0.25, -0.2) is 9.97 Å². The summed E-state index contributed by atoms with van der Waals surface area (Å²) in [6.45, 7) is 1.78. The van der Waals surface area contributed by atoms with E-state index in [0.29, 0.717) is 5.82 Å². The first-order valence-corrected chi connectivity index (χ1v) is 5.37. The lowest BCUT2D eigenvalue weighted by Crippen LogP contribution is -2.11. The molecule has 0 saturated carbocycles. The molecule has 8 nitrogen and oxygen atoms in total. The molecule has 2 heterocycles. The van der Waals surface area contributed by atoms with Crippen molar-refractivity contribution in [1.82, 2.24) is 20.2 Å². The van der Waals surface area contributed by atoms with Crippen LogP contribution in [0.15, 0.2) is 18.6 Å². The molecule has 94 valence electrons. The molecule has 0 aromatic carbocycles. The van der Waals surface area contributed by atoms with Gasteiger partial charge in [-0.2, -0.15) is 5.10 Å². The Bertz CT molecular complexity index is 558. The average molecular weight is 269 g/mol. The highest BCUT2D eigenvalue weighted by molar-refractivity contribution is 6.30. The van der Waals surface area contributed by atoms with Crippen molar-refractivity contribution in [2.24, 2.45) is 0 Å². The summed E-state index contributed by atoms with van der Waals surface area (Å²) in [6.07, 6.45) is 2.70. The van der Waals surface area contributed by atoms with E-state index in [2.05, 4.69) is 25.5 Å². The molecule has 0 spiro atoms. The van der Waals surface area contributed by atoms with Gasteiger partial charge in [-0.1, -0.05) is 11.6 Å². The number of halogens is 1. The van der Waals surface area contributed by atoms with E-state index >= 15 is 0 Å². The van der Waals surface area contributed by atoms with Crippen molar-refractivity contribution in [1.29, 1.82) is 0 Å². The van der Waals surface area contributed by atoms with Crippen LogP contribution in [0.2, 0.25) is 5.02 Å². The van der Waals surface area contributed by atoms with E-state index < -0.39 is 4.92 Å². The summed E-state index contributed by atoms with van der Waals surface area (Å²) in [6, 6.07) is 0.948. The van der Waals surface area contributed by atoms with E-state index in [4.69, 9.17) is 11.6 Å². The maximum absolute atomic E-state index is 10.9. The standard InChI is InChI=1S/C9H9ClN6O2/c1-5(8-12-4-13-15-8)14-9-7(16(17)18)2-6(10)3-11-9/h2-5H,1H3,(H,11,14)(H,12,13,15). The number of pyridine rings is 1. The van der Waals surface area contributed by atoms with Crippen LogP contribution in [0, 0.1) is 10.1 Å². The molecule has 9 heteroatoms. The molecule has 0 aliphatic heterocycles. The Morgan fingerprint density at radius 1 is 1.56 bits per heavy atom. The summed E-state index contributed by atoms with van der Waals surface area (Å²) in [5.41, 5.74) is -0.186. The molecular weight excluding hydrogens is 260 g/mol. The topological polar surface area (TPSA) is 110 Å². The molecule has 0 aliphatic rings. The number of rotatable bonds is 4. The van der Waals surface area contributed by atoms with Gasteiger partial charge in [-0.15, -0.1) is 0 Å². The first-order valence-electron chi connectivity index (χ1n) is 4.99. The van der Waals surface area contributed by atoms with Crippen LogP contribution in [0.5, 0.6) is 0 Å². The molecule has 0 saturated heterocycles. The molecule has 0 aliphatic carbocycles. The Hall–Kier alpha value is -2.22. The second-order valence-electron chi connectivity index (χ2n) is 3.52. The van der Waals surface area contributed by atoms with Gasteiger partial charge in [-0.05, 0) is 6.92 Å². The predicted molar refractivity (Wildman–Crippen MR) is 64.3 cm³/mol. The molecule has 18 heavy (non-hydrogen) atoms. The highest BCUT2D eigenvalue weighted by atomic mass is 35.5. The summed E-state index contributed by atoms with van der Waals surface area (Å²) in [5.74, 6) is 0.689. The van der Waals surface area contributed by atoms with Gasteiger partial charge in [0.25, 0.3) is 0 Å². The summed E-state index contributed by atoms with van der Waals surface area (Å²) >= 11 is 5.67. The second kappa shape index (κ2) is 4.96. The van der Waals surface area contributed by atoms with E-state index in [1.165, 1.54) is 18.6 Å². The third kappa shape index (κ3) is 2.54. The Morgan fingerprint density at radius 3 is 2.94 bits per heavy atom. The molecule has 0 amide bonds. The SMILES string of the molecule is CC(Nc1ncc(Cl)cc1[N+](=O)[O-])c1ncn[nH]1. The summed E-state index contributed by atoms with van der Waals surface area (Å²) in [7, 11) is 0. The third-order valence-electron chi connectivity index (χ3n) is 2.23. The molecule has 1 unspecified atom stereocenters. The highest BCUT2D eigenvalue weighted by Gasteiger charge is 2.19. The number of nitro groups is 1. The number of nitrogens with one attached hydrogen (secondary N) is 2. The molecule has 0 radical (unpaired) electrons. The smallest absolute Gasteiger partial charge is 0.312 e. The zero-order valence-corrected chi connectivity index (χ0v) is 10.0. The van der Waals surface area contributed by atoms with Gasteiger partial charge in [-0.3, -0.25) is 15.2 Å². The number of hydrogen-bond acceptors (Lipinski definition) is 6. The Balaban J connectivity index is 2.26. The molecule has 2 N–H and O–H groups in total. The minimum atomic E-state index is -0.547. The molecule has 1 atom stereocenters. The zero-order valence-electron chi connectivity index (χ0n) is 9.29. The molecule has 0 fully saturated rings. The van der Waals surface area contributed by atoms with Crippen molar-refractivity contribution >= 4 is 23.1 Å². The van der Waals surface area contributed by atoms with Gasteiger partial charge in [0.05, 0.1) is 16.0 Å². The van der Waals surface area contributed by atoms with E-state index in [9.17, 15) is 10.1 Å². The molecule has 2 aromatic heterocycles. The maximum Gasteiger partial charge on any atom is 0.312 e. The molecule has 2 rings (SSSR count). The lowest BCUT2D eigenvalue weighted by molar-refractivity contribution is -0.384. The van der Waals surface area contributed by atoms with E-state index in [1.54, 1.807) is 6.92 Å². The third-order valence-corrected chi connectivity index (χ3v) is 2.43. The van der Waals surface area contributed by atoms with Gasteiger partial charge in [0.1, 0.15) is 12.2 Å². The number of aromatic amines is 1. The fourth-order valence-corrected chi connectivity index (χ4v) is 1.53. The van der Waals surface area contributed by atoms with Crippen molar-refractivity contribution in [2.45, 2.75) is 13.0 Å². The normalized spacial score (nSPS) is 12.1. The van der Waals surface area contributed by atoms with Crippen molar-refractivity contribution < 1.29 is 4.92 Å². The fraction of sp³-hybridized carbons (Fsp3) is 0.222. The summed E-state index contributed by atoms with van der Waals surface area (Å²) < 4.78 is 0. The summed E-state index contributed by atoms with van der Waals surface area (Å²) in [5, 5.41) is 20.3. The zero-order chi connectivity index (χ0) is 13.1. The van der Waals surface area contributed by atoms with Crippen molar-refractivity contribution in [3.05, 3.63) is 39.6 Å². The van der Waals surface area contributed by atoms with Crippen LogP contribution in [0.25, 0.3) is 0 Å². The van der Waals surface area contributed by atoms with Gasteiger partial charge in [0.2, 0.25) is 5.82 Å². The minimum Gasteiger partial charge on any atom is -0.355 e. The van der Waals surface area contributed by atoms with Gasteiger partial charge in [0, 0.05) is 12.3 Å². The van der Waals surface area contributed by atoms with Crippen LogP contribution in [-0.4, -0.2) is 25.1 Å². The summed E-state index contributed by atoms with van der Waals surface area (Å²) in [4.78, 5) is 18.2. The number of nitrogens with zero attached hydrogens (tertiary/aromatic N) is 4. The van der Waals surface area contributed by atoms with Crippen LogP contribution in [0.3, 0.4) is 0 Å². The van der Waals surface area contributed by atoms with Crippen LogP contribution in [0.4, 0.5) is 11.5 Å². The van der Waals surface area contributed by atoms with E-state index in [0.717, 1.165) is 0 Å². The van der Waals surface area contributed by atoms with Crippen molar-refractivity contribution in [3.8, 4) is 0 Å². The molecule has 0 bridgehead atoms. The number of H-pyrrole nitrogens is 1. The first-order chi connectivity index (χ1) is 8.58. The average Bonchev–Trinajstić information content (AvgIpc) is 2.84. The van der Waals surface area contributed by atoms with Crippen LogP contribution in [-0.2, 0) is 0 Å². The Kier molecular flexibility index (Phi) is 3.38. The van der Waals surface area contributed by atoms with Gasteiger partial charge in [0.15, 0.2) is 0 Å². The van der Waals surface area contributed by atoms with Gasteiger partial charge < -0.3 is 5.32 Å². The second-order valence-corrected chi connectivity index (χ2v) is 3.95. The Morgan fingerprint density at radius 2 is 2.33 bits per heavy atom. The number of aromatic nitrogens is 4. The van der Waals surface area contributed by atoms with E-state index in [1.807, 2.05) is 0 Å². The lowest BCUT2D eigenvalue weighted by Gasteiger charge is -2.11. The van der Waals surface area contributed by atoms with Crippen LogP contribution >= 0.6 is 11.6 Å². The van der Waals surface area contributed by atoms with E-state index in [-0.39, 0.29) is 22.6 Å². The van der Waals surface area contributed by atoms with Gasteiger partial charge >= 0.3 is 5.69 Å². The lowest BCUT2D eigenvalue weighted by atomic mass is 10.3. The quantitative estimate of drug-likeness (QED) is 0.648. The fourth-order valence-electron chi connectivity index (χ4n) is 1.38. The largest absolute Gasteiger partial charge is 0.355 e. The molecular formula is C9H9ClN6O2. The Labute approximate surface area is 107 Å². The van der Waals surface area contributed by atoms with Crippen molar-refractivity contribution in [2.75, 3.05) is 5.32 Å². The monoisotopic (exact) mass is 268 g/mol. The highest BCUT2D eigenvalue weighted by Crippen LogP contribution is 2.27. The van der Waals surface area contributed by atoms with Crippen molar-refractivity contribution in [3.63, 3.8) is 0 Å². The predicted octanol–water partition coefficient (Wildman–Crippen LogP) is 1.93. The number of anilines is 1. The van der Waals surface area contributed by atoms with Crippen LogP contribution in [0.1, 0.15) is 18.8 Å².